The molecule has 22 heavy (non-hydrogen) atoms. The van der Waals surface area contributed by atoms with Gasteiger partial charge in [-0.15, -0.1) is 0 Å². The molecule has 0 atom stereocenters. The van der Waals surface area contributed by atoms with E-state index in [1.165, 1.54) is 41.1 Å². The summed E-state index contributed by atoms with van der Waals surface area (Å²) in [6.07, 6.45) is 0. The highest BCUT2D eigenvalue weighted by molar-refractivity contribution is 8.05. The summed E-state index contributed by atoms with van der Waals surface area (Å²) in [6.45, 7) is 0. The Labute approximate surface area is 137 Å². The van der Waals surface area contributed by atoms with Crippen molar-refractivity contribution in [3.63, 3.8) is 0 Å². The van der Waals surface area contributed by atoms with Crippen LogP contribution in [-0.2, 0) is 0 Å². The molecule has 4 aromatic carbocycles. The van der Waals surface area contributed by atoms with E-state index >= 15 is 0 Å². The van der Waals surface area contributed by atoms with Gasteiger partial charge in [0.25, 0.3) is 0 Å². The van der Waals surface area contributed by atoms with E-state index in [4.69, 9.17) is 0 Å². The number of benzene rings is 4. The van der Waals surface area contributed by atoms with E-state index in [2.05, 4.69) is 66.7 Å². The Morgan fingerprint density at radius 1 is 0.591 bits per heavy atom. The summed E-state index contributed by atoms with van der Waals surface area (Å²) in [6, 6.07) is 27.4. The van der Waals surface area contributed by atoms with Crippen LogP contribution in [0, 0.1) is 6.07 Å². The normalized spacial score (nSPS) is 13.1. The Hall–Kier alpha value is -1.90. The van der Waals surface area contributed by atoms with Crippen LogP contribution in [0.25, 0.3) is 21.5 Å². The van der Waals surface area contributed by atoms with E-state index in [0.717, 1.165) is 0 Å². The Balaban J connectivity index is 1.75. The first-order chi connectivity index (χ1) is 10.9. The lowest BCUT2D eigenvalue weighted by atomic mass is 10.0. The third-order valence-corrected chi connectivity index (χ3v) is 6.46. The van der Waals surface area contributed by atoms with Crippen molar-refractivity contribution >= 4 is 45.1 Å². The van der Waals surface area contributed by atoms with Crippen molar-refractivity contribution in [2.24, 2.45) is 0 Å². The van der Waals surface area contributed by atoms with E-state index < -0.39 is 0 Å². The number of hydrogen-bond acceptors (Lipinski definition) is 2. The minimum absolute atomic E-state index is 1.24. The minimum atomic E-state index is 1.24. The first-order valence-corrected chi connectivity index (χ1v) is 8.83. The second-order valence-electron chi connectivity index (χ2n) is 5.41. The molecule has 0 aromatic heterocycles. The Morgan fingerprint density at radius 2 is 1.27 bits per heavy atom. The standard InChI is InChI=1S/C20H11S2/c1-2-6-14-10-16-12-20-19(11-15(16)9-13(14)5-1)21-17-7-3-4-8-18(17)22-20/h1-7,9-12H. The Kier molecular flexibility index (Phi) is 2.76. The largest absolute Gasteiger partial charge is 0.0877 e. The van der Waals surface area contributed by atoms with Crippen LogP contribution in [0.5, 0.6) is 0 Å². The second-order valence-corrected chi connectivity index (χ2v) is 7.55. The minimum Gasteiger partial charge on any atom is -0.0877 e. The molecule has 0 amide bonds. The first kappa shape index (κ1) is 12.6. The molecule has 0 unspecified atom stereocenters. The lowest BCUT2D eigenvalue weighted by Crippen LogP contribution is -1.90. The van der Waals surface area contributed by atoms with Crippen LogP contribution < -0.4 is 0 Å². The van der Waals surface area contributed by atoms with Gasteiger partial charge in [0.15, 0.2) is 0 Å². The predicted octanol–water partition coefficient (Wildman–Crippen LogP) is 6.41. The van der Waals surface area contributed by atoms with Gasteiger partial charge in [0.05, 0.1) is 0 Å². The summed E-state index contributed by atoms with van der Waals surface area (Å²) >= 11 is 3.68. The maximum atomic E-state index is 3.35. The van der Waals surface area contributed by atoms with Gasteiger partial charge in [-0.05, 0) is 57.9 Å². The Morgan fingerprint density at radius 3 is 2.00 bits per heavy atom. The molecule has 0 saturated heterocycles. The lowest BCUT2D eigenvalue weighted by Gasteiger charge is -2.18. The summed E-state index contributed by atoms with van der Waals surface area (Å²) in [5, 5.41) is 5.23. The molecule has 0 nitrogen and oxygen atoms in total. The van der Waals surface area contributed by atoms with Crippen molar-refractivity contribution in [2.45, 2.75) is 19.6 Å². The van der Waals surface area contributed by atoms with E-state index in [1.54, 1.807) is 0 Å². The van der Waals surface area contributed by atoms with Gasteiger partial charge in [-0.2, -0.15) is 0 Å². The molecule has 0 aliphatic carbocycles. The van der Waals surface area contributed by atoms with Crippen LogP contribution in [0.2, 0.25) is 0 Å². The predicted molar refractivity (Wildman–Crippen MR) is 95.0 cm³/mol. The molecular formula is C20H11S2. The van der Waals surface area contributed by atoms with Crippen molar-refractivity contribution < 1.29 is 0 Å². The van der Waals surface area contributed by atoms with Crippen molar-refractivity contribution in [3.05, 3.63) is 72.8 Å². The van der Waals surface area contributed by atoms with Crippen LogP contribution in [-0.4, -0.2) is 0 Å². The molecule has 0 N–H and O–H groups in total. The fraction of sp³-hybridized carbons (Fsp3) is 0. The van der Waals surface area contributed by atoms with Gasteiger partial charge >= 0.3 is 0 Å². The van der Waals surface area contributed by atoms with Crippen LogP contribution >= 0.6 is 23.5 Å². The van der Waals surface area contributed by atoms with E-state index in [-0.39, 0.29) is 0 Å². The smallest absolute Gasteiger partial charge is 0.0341 e. The van der Waals surface area contributed by atoms with Crippen molar-refractivity contribution in [1.29, 1.82) is 0 Å². The molecule has 0 fully saturated rings. The molecule has 0 saturated carbocycles. The number of rotatable bonds is 0. The molecule has 1 radical (unpaired) electrons. The van der Waals surface area contributed by atoms with Gasteiger partial charge in [0.2, 0.25) is 0 Å². The van der Waals surface area contributed by atoms with Crippen LogP contribution in [0.15, 0.2) is 86.3 Å². The molecule has 103 valence electrons. The fourth-order valence-corrected chi connectivity index (χ4v) is 5.15. The molecule has 1 heterocycles. The summed E-state index contributed by atoms with van der Waals surface area (Å²) in [5.41, 5.74) is 0. The van der Waals surface area contributed by atoms with E-state index in [0.29, 0.717) is 0 Å². The average Bonchev–Trinajstić information content (AvgIpc) is 2.56. The molecule has 2 heteroatoms. The van der Waals surface area contributed by atoms with Crippen LogP contribution in [0.3, 0.4) is 0 Å². The third-order valence-electron chi connectivity index (χ3n) is 3.98. The van der Waals surface area contributed by atoms with Gasteiger partial charge in [0.1, 0.15) is 0 Å². The summed E-state index contributed by atoms with van der Waals surface area (Å²) < 4.78 is 0. The van der Waals surface area contributed by atoms with Crippen molar-refractivity contribution in [1.82, 2.24) is 0 Å². The maximum Gasteiger partial charge on any atom is 0.0341 e. The fourth-order valence-electron chi connectivity index (χ4n) is 2.90. The first-order valence-electron chi connectivity index (χ1n) is 7.20. The number of hydrogen-bond donors (Lipinski definition) is 0. The highest BCUT2D eigenvalue weighted by Crippen LogP contribution is 2.49. The molecular weight excluding hydrogens is 304 g/mol. The van der Waals surface area contributed by atoms with Gasteiger partial charge < -0.3 is 0 Å². The van der Waals surface area contributed by atoms with Crippen molar-refractivity contribution in [2.75, 3.05) is 0 Å². The second kappa shape index (κ2) is 4.80. The molecule has 5 rings (SSSR count). The molecule has 4 aromatic rings. The zero-order valence-corrected chi connectivity index (χ0v) is 13.3. The average molecular weight is 315 g/mol. The third kappa shape index (κ3) is 1.95. The highest BCUT2D eigenvalue weighted by atomic mass is 32.2. The summed E-state index contributed by atoms with van der Waals surface area (Å²) in [4.78, 5) is 5.22. The number of fused-ring (bicyclic) bond motifs is 4. The highest BCUT2D eigenvalue weighted by Gasteiger charge is 2.17. The molecule has 0 spiro atoms. The zero-order valence-electron chi connectivity index (χ0n) is 11.7. The van der Waals surface area contributed by atoms with Crippen LogP contribution in [0.4, 0.5) is 0 Å². The molecule has 0 bridgehead atoms. The van der Waals surface area contributed by atoms with Gasteiger partial charge in [-0.3, -0.25) is 0 Å². The van der Waals surface area contributed by atoms with Gasteiger partial charge in [-0.1, -0.05) is 59.9 Å². The molecule has 1 aliphatic rings. The van der Waals surface area contributed by atoms with Crippen LogP contribution in [0.1, 0.15) is 0 Å². The maximum absolute atomic E-state index is 3.35. The zero-order chi connectivity index (χ0) is 14.5. The van der Waals surface area contributed by atoms with Crippen molar-refractivity contribution in [3.8, 4) is 0 Å². The van der Waals surface area contributed by atoms with E-state index in [1.807, 2.05) is 29.6 Å². The van der Waals surface area contributed by atoms with E-state index in [9.17, 15) is 0 Å². The lowest BCUT2D eigenvalue weighted by molar-refractivity contribution is 1.16. The monoisotopic (exact) mass is 315 g/mol. The SMILES string of the molecule is [c]1cccc2c1Sc1cc3cc4ccccc4cc3cc1S2. The summed E-state index contributed by atoms with van der Waals surface area (Å²) in [5.74, 6) is 0. The van der Waals surface area contributed by atoms with Gasteiger partial charge in [-0.25, -0.2) is 0 Å². The quantitative estimate of drug-likeness (QED) is 0.303. The topological polar surface area (TPSA) is 0 Å². The van der Waals surface area contributed by atoms with Gasteiger partial charge in [0, 0.05) is 19.6 Å². The Bertz CT molecular complexity index is 951. The summed E-state index contributed by atoms with van der Waals surface area (Å²) in [7, 11) is 0. The molecule has 1 aliphatic heterocycles.